The van der Waals surface area contributed by atoms with Crippen molar-refractivity contribution in [3.63, 3.8) is 0 Å². The summed E-state index contributed by atoms with van der Waals surface area (Å²) in [7, 11) is -3.88. The summed E-state index contributed by atoms with van der Waals surface area (Å²) >= 11 is 5.94. The lowest BCUT2D eigenvalue weighted by Gasteiger charge is -2.38. The number of ether oxygens (including phenoxy) is 1. The zero-order valence-electron chi connectivity index (χ0n) is 20.3. The molecule has 1 saturated heterocycles. The van der Waals surface area contributed by atoms with Crippen molar-refractivity contribution in [3.05, 3.63) is 63.7 Å². The highest BCUT2D eigenvalue weighted by Gasteiger charge is 2.46. The Balaban J connectivity index is 1.43. The molecule has 38 heavy (non-hydrogen) atoms. The van der Waals surface area contributed by atoms with Crippen LogP contribution >= 0.6 is 11.6 Å². The molecule has 1 aliphatic heterocycles. The lowest BCUT2D eigenvalue weighted by atomic mass is 9.94. The number of hydrogen-bond acceptors (Lipinski definition) is 5. The van der Waals surface area contributed by atoms with Crippen LogP contribution in [0.25, 0.3) is 0 Å². The van der Waals surface area contributed by atoms with E-state index in [0.29, 0.717) is 18.4 Å². The SMILES string of the molecule is CS(=O)(=O)NC(=O)c1cc(C2CC2)c(OCC2CCN(C(c3ccc(F)cc3Cl)C(F)(F)F)CC2)cc1F. The predicted octanol–water partition coefficient (Wildman–Crippen LogP) is 5.58. The van der Waals surface area contributed by atoms with E-state index in [9.17, 15) is 35.2 Å². The highest BCUT2D eigenvalue weighted by molar-refractivity contribution is 7.89. The number of rotatable bonds is 8. The molecule has 1 heterocycles. The van der Waals surface area contributed by atoms with Crippen LogP contribution in [0, 0.1) is 17.6 Å². The third kappa shape index (κ3) is 6.95. The smallest absolute Gasteiger partial charge is 0.408 e. The Morgan fingerprint density at radius 2 is 1.79 bits per heavy atom. The van der Waals surface area contributed by atoms with Gasteiger partial charge in [0.05, 0.1) is 18.4 Å². The zero-order chi connectivity index (χ0) is 27.8. The average molecular weight is 581 g/mol. The van der Waals surface area contributed by atoms with E-state index in [4.69, 9.17) is 16.3 Å². The van der Waals surface area contributed by atoms with Crippen molar-refractivity contribution < 1.29 is 39.9 Å². The maximum atomic E-state index is 14.7. The average Bonchev–Trinajstić information content (AvgIpc) is 3.63. The minimum atomic E-state index is -4.62. The van der Waals surface area contributed by atoms with Crippen molar-refractivity contribution in [2.45, 2.75) is 43.8 Å². The first-order chi connectivity index (χ1) is 17.7. The lowest BCUT2D eigenvalue weighted by Crippen LogP contribution is -2.44. The van der Waals surface area contributed by atoms with Crippen LogP contribution in [0.15, 0.2) is 30.3 Å². The number of halogens is 6. The molecule has 0 bridgehead atoms. The second-order valence-electron chi connectivity index (χ2n) is 9.75. The third-order valence-electron chi connectivity index (χ3n) is 6.70. The van der Waals surface area contributed by atoms with Crippen molar-refractivity contribution >= 4 is 27.5 Å². The third-order valence-corrected chi connectivity index (χ3v) is 7.58. The number of nitrogens with one attached hydrogen (secondary N) is 1. The number of carbonyl (C=O) groups excluding carboxylic acids is 1. The number of amides is 1. The van der Waals surface area contributed by atoms with E-state index in [0.717, 1.165) is 43.4 Å². The first-order valence-electron chi connectivity index (χ1n) is 12.0. The first kappa shape index (κ1) is 28.6. The summed E-state index contributed by atoms with van der Waals surface area (Å²) in [6.45, 7) is 0.330. The largest absolute Gasteiger partial charge is 0.493 e. The van der Waals surface area contributed by atoms with Crippen LogP contribution in [0.2, 0.25) is 5.02 Å². The molecule has 2 aromatic rings. The zero-order valence-corrected chi connectivity index (χ0v) is 21.9. The molecule has 2 aromatic carbocycles. The molecule has 4 rings (SSSR count). The molecule has 0 spiro atoms. The van der Waals surface area contributed by atoms with Crippen molar-refractivity contribution in [2.75, 3.05) is 26.0 Å². The summed E-state index contributed by atoms with van der Waals surface area (Å²) in [5, 5.41) is -0.291. The Hall–Kier alpha value is -2.44. The molecule has 0 radical (unpaired) electrons. The normalized spacial score (nSPS) is 18.3. The van der Waals surface area contributed by atoms with Crippen LogP contribution in [0.3, 0.4) is 0 Å². The number of likely N-dealkylation sites (tertiary alicyclic amines) is 1. The molecule has 1 N–H and O–H groups in total. The fraction of sp³-hybridized carbons (Fsp3) is 0.480. The number of sulfonamides is 1. The molecule has 13 heteroatoms. The van der Waals surface area contributed by atoms with E-state index < -0.39 is 45.3 Å². The van der Waals surface area contributed by atoms with Gasteiger partial charge in [0.25, 0.3) is 5.91 Å². The number of alkyl halides is 3. The molecule has 1 aliphatic carbocycles. The van der Waals surface area contributed by atoms with Crippen LogP contribution in [-0.4, -0.2) is 51.4 Å². The summed E-state index contributed by atoms with van der Waals surface area (Å²) in [5.74, 6) is -2.57. The van der Waals surface area contributed by atoms with Gasteiger partial charge in [-0.25, -0.2) is 21.9 Å². The summed E-state index contributed by atoms with van der Waals surface area (Å²) in [4.78, 5) is 13.5. The van der Waals surface area contributed by atoms with Crippen LogP contribution in [-0.2, 0) is 10.0 Å². The number of hydrogen-bond donors (Lipinski definition) is 1. The van der Waals surface area contributed by atoms with Gasteiger partial charge in [-0.3, -0.25) is 9.69 Å². The Kier molecular flexibility index (Phi) is 8.25. The van der Waals surface area contributed by atoms with Gasteiger partial charge in [0.1, 0.15) is 23.4 Å². The fourth-order valence-electron chi connectivity index (χ4n) is 4.70. The Bertz CT molecular complexity index is 1310. The van der Waals surface area contributed by atoms with Gasteiger partial charge in [-0.15, -0.1) is 0 Å². The molecule has 208 valence electrons. The van der Waals surface area contributed by atoms with E-state index >= 15 is 0 Å². The molecule has 1 saturated carbocycles. The van der Waals surface area contributed by atoms with Gasteiger partial charge < -0.3 is 4.74 Å². The number of piperidine rings is 1. The molecule has 2 fully saturated rings. The minimum absolute atomic E-state index is 0.0465. The quantitative estimate of drug-likeness (QED) is 0.413. The van der Waals surface area contributed by atoms with Crippen LogP contribution < -0.4 is 9.46 Å². The van der Waals surface area contributed by atoms with Gasteiger partial charge in [-0.2, -0.15) is 13.2 Å². The maximum Gasteiger partial charge on any atom is 0.408 e. The Morgan fingerprint density at radius 3 is 2.34 bits per heavy atom. The van der Waals surface area contributed by atoms with E-state index in [1.165, 1.54) is 11.0 Å². The monoisotopic (exact) mass is 580 g/mol. The molecule has 2 aliphatic rings. The molecule has 6 nitrogen and oxygen atoms in total. The van der Waals surface area contributed by atoms with E-state index in [2.05, 4.69) is 0 Å². The van der Waals surface area contributed by atoms with E-state index in [1.807, 2.05) is 0 Å². The molecule has 1 amide bonds. The van der Waals surface area contributed by atoms with E-state index in [1.54, 1.807) is 4.72 Å². The summed E-state index contributed by atoms with van der Waals surface area (Å²) in [6, 6.07) is 3.25. The molecular weight excluding hydrogens is 555 g/mol. The standard InChI is InChI=1S/C25H26ClF5N2O4S/c1-38(35,36)32-24(34)19-11-18(15-2-3-15)22(12-21(19)28)37-13-14-6-8-33(9-7-14)23(25(29,30)31)17-5-4-16(27)10-20(17)26/h4-5,10-12,14-15,23H,2-3,6-9,13H2,1H3,(H,32,34). The molecule has 1 atom stereocenters. The van der Waals surface area contributed by atoms with Crippen molar-refractivity contribution in [3.8, 4) is 5.75 Å². The Labute approximate surface area is 222 Å². The van der Waals surface area contributed by atoms with Gasteiger partial charge in [0, 0.05) is 11.1 Å². The maximum absolute atomic E-state index is 14.7. The molecule has 1 unspecified atom stereocenters. The van der Waals surface area contributed by atoms with Crippen molar-refractivity contribution in [1.82, 2.24) is 9.62 Å². The van der Waals surface area contributed by atoms with Gasteiger partial charge in [0.15, 0.2) is 0 Å². The van der Waals surface area contributed by atoms with Gasteiger partial charge in [-0.05, 0) is 79.9 Å². The number of nitrogens with zero attached hydrogens (tertiary/aromatic N) is 1. The van der Waals surface area contributed by atoms with Crippen LogP contribution in [0.4, 0.5) is 22.0 Å². The topological polar surface area (TPSA) is 75.7 Å². The van der Waals surface area contributed by atoms with Crippen molar-refractivity contribution in [2.24, 2.45) is 5.92 Å². The first-order valence-corrected chi connectivity index (χ1v) is 14.2. The predicted molar refractivity (Wildman–Crippen MR) is 131 cm³/mol. The van der Waals surface area contributed by atoms with Gasteiger partial charge in [0.2, 0.25) is 10.0 Å². The number of carbonyl (C=O) groups is 1. The van der Waals surface area contributed by atoms with Crippen molar-refractivity contribution in [1.29, 1.82) is 0 Å². The van der Waals surface area contributed by atoms with Gasteiger partial charge in [-0.1, -0.05) is 17.7 Å². The highest BCUT2D eigenvalue weighted by Crippen LogP contribution is 2.46. The van der Waals surface area contributed by atoms with Crippen LogP contribution in [0.5, 0.6) is 5.75 Å². The second-order valence-corrected chi connectivity index (χ2v) is 11.9. The Morgan fingerprint density at radius 1 is 1.13 bits per heavy atom. The summed E-state index contributed by atoms with van der Waals surface area (Å²) in [5.41, 5.74) is -0.0268. The van der Waals surface area contributed by atoms with Gasteiger partial charge >= 0.3 is 6.18 Å². The fourth-order valence-corrected chi connectivity index (χ4v) is 5.41. The number of benzene rings is 2. The van der Waals surface area contributed by atoms with E-state index in [-0.39, 0.29) is 47.9 Å². The highest BCUT2D eigenvalue weighted by atomic mass is 35.5. The summed E-state index contributed by atoms with van der Waals surface area (Å²) in [6.07, 6.45) is -1.47. The minimum Gasteiger partial charge on any atom is -0.493 e. The summed E-state index contributed by atoms with van der Waals surface area (Å²) < 4.78 is 100. The molecular formula is C25H26ClF5N2O4S. The molecule has 0 aromatic heterocycles. The lowest BCUT2D eigenvalue weighted by molar-refractivity contribution is -0.190. The van der Waals surface area contributed by atoms with Crippen LogP contribution in [0.1, 0.15) is 59.1 Å². The second kappa shape index (κ2) is 11.0.